The van der Waals surface area contributed by atoms with Crippen LogP contribution in [0.1, 0.15) is 56.3 Å². The molecule has 0 saturated heterocycles. The highest BCUT2D eigenvalue weighted by atomic mass is 16.4. The van der Waals surface area contributed by atoms with Crippen molar-refractivity contribution >= 4 is 23.2 Å². The summed E-state index contributed by atoms with van der Waals surface area (Å²) in [5, 5.41) is 9.46. The lowest BCUT2D eigenvalue weighted by Gasteiger charge is -2.25. The van der Waals surface area contributed by atoms with Gasteiger partial charge in [-0.05, 0) is 24.5 Å². The molecule has 0 aromatic heterocycles. The number of hydrogen-bond acceptors (Lipinski definition) is 3. The highest BCUT2D eigenvalue weighted by Gasteiger charge is 2.38. The Bertz CT molecular complexity index is 592. The molecule has 2 unspecified atom stereocenters. The molecule has 0 aliphatic carbocycles. The maximum absolute atomic E-state index is 12.5. The molecular formula is C18H23NO3. The van der Waals surface area contributed by atoms with Crippen molar-refractivity contribution in [3.8, 4) is 0 Å². The van der Waals surface area contributed by atoms with Crippen LogP contribution < -0.4 is 0 Å². The molecule has 0 amide bonds. The molecule has 1 heterocycles. The van der Waals surface area contributed by atoms with Gasteiger partial charge in [0.05, 0.1) is 5.69 Å². The van der Waals surface area contributed by atoms with Crippen molar-refractivity contribution in [2.75, 3.05) is 0 Å². The summed E-state index contributed by atoms with van der Waals surface area (Å²) < 4.78 is 0. The molecule has 0 fully saturated rings. The molecule has 4 nitrogen and oxygen atoms in total. The zero-order valence-electron chi connectivity index (χ0n) is 13.2. The maximum atomic E-state index is 12.5. The maximum Gasteiger partial charge on any atom is 0.320 e. The van der Waals surface area contributed by atoms with Crippen LogP contribution in [-0.2, 0) is 4.79 Å². The third-order valence-electron chi connectivity index (χ3n) is 4.22. The van der Waals surface area contributed by atoms with Crippen LogP contribution in [-0.4, -0.2) is 22.6 Å². The van der Waals surface area contributed by atoms with Gasteiger partial charge in [-0.1, -0.05) is 51.7 Å². The fourth-order valence-electron chi connectivity index (χ4n) is 2.93. The Hall–Kier alpha value is -1.97. The van der Waals surface area contributed by atoms with E-state index in [0.29, 0.717) is 17.0 Å². The van der Waals surface area contributed by atoms with Crippen molar-refractivity contribution in [2.45, 2.75) is 46.0 Å². The van der Waals surface area contributed by atoms with Crippen LogP contribution in [0, 0.1) is 11.8 Å². The number of nitrogens with zero attached hydrogens (tertiary/aromatic N) is 1. The highest BCUT2D eigenvalue weighted by molar-refractivity contribution is 6.27. The van der Waals surface area contributed by atoms with Crippen molar-refractivity contribution in [1.82, 2.24) is 0 Å². The van der Waals surface area contributed by atoms with Gasteiger partial charge in [0.2, 0.25) is 0 Å². The van der Waals surface area contributed by atoms with Crippen molar-refractivity contribution in [2.24, 2.45) is 16.8 Å². The number of aliphatic carboxylic acids is 1. The van der Waals surface area contributed by atoms with E-state index in [1.807, 2.05) is 13.0 Å². The summed E-state index contributed by atoms with van der Waals surface area (Å²) in [6, 6.07) is 6.99. The van der Waals surface area contributed by atoms with E-state index >= 15 is 0 Å². The molecule has 2 rings (SSSR count). The summed E-state index contributed by atoms with van der Waals surface area (Å²) in [5.41, 5.74) is 1.52. The number of carbonyl (C=O) groups excluding carboxylic acids is 1. The molecule has 0 radical (unpaired) electrons. The van der Waals surface area contributed by atoms with Gasteiger partial charge in [-0.3, -0.25) is 14.6 Å². The normalized spacial score (nSPS) is 18.5. The number of ketones is 1. The number of aliphatic imine (C=N–C) groups is 1. The first-order chi connectivity index (χ1) is 10.6. The standard InChI is InChI=1S/C18H23NO3/c1-3-4-5-6-9-12(2)16-15(18(21)22)17(20)13-10-7-8-11-14(13)19-16/h7-8,10-12,15H,3-6,9H2,1-2H3,(H,21,22). The van der Waals surface area contributed by atoms with E-state index in [1.165, 1.54) is 12.8 Å². The van der Waals surface area contributed by atoms with Gasteiger partial charge < -0.3 is 5.11 Å². The van der Waals surface area contributed by atoms with Crippen LogP contribution in [0.5, 0.6) is 0 Å². The van der Waals surface area contributed by atoms with Crippen molar-refractivity contribution < 1.29 is 14.7 Å². The smallest absolute Gasteiger partial charge is 0.320 e. The van der Waals surface area contributed by atoms with Crippen LogP contribution in [0.3, 0.4) is 0 Å². The lowest BCUT2D eigenvalue weighted by molar-refractivity contribution is -0.138. The first-order valence-electron chi connectivity index (χ1n) is 8.00. The van der Waals surface area contributed by atoms with E-state index in [-0.39, 0.29) is 11.7 Å². The molecule has 0 spiro atoms. The Kier molecular flexibility index (Phi) is 5.47. The van der Waals surface area contributed by atoms with Crippen molar-refractivity contribution in [1.29, 1.82) is 0 Å². The van der Waals surface area contributed by atoms with Crippen LogP contribution in [0.15, 0.2) is 29.3 Å². The van der Waals surface area contributed by atoms with E-state index in [4.69, 9.17) is 0 Å². The molecule has 1 aliphatic heterocycles. The average Bonchev–Trinajstić information content (AvgIpc) is 2.51. The van der Waals surface area contributed by atoms with Gasteiger partial charge >= 0.3 is 5.97 Å². The molecule has 1 aliphatic rings. The Balaban J connectivity index is 2.24. The monoisotopic (exact) mass is 301 g/mol. The molecule has 22 heavy (non-hydrogen) atoms. The van der Waals surface area contributed by atoms with Gasteiger partial charge in [0.15, 0.2) is 11.7 Å². The number of carbonyl (C=O) groups is 2. The molecule has 1 N–H and O–H groups in total. The van der Waals surface area contributed by atoms with Crippen LogP contribution in [0.25, 0.3) is 0 Å². The zero-order chi connectivity index (χ0) is 16.1. The predicted molar refractivity (Wildman–Crippen MR) is 86.9 cm³/mol. The minimum Gasteiger partial charge on any atom is -0.480 e. The summed E-state index contributed by atoms with van der Waals surface area (Å²) in [7, 11) is 0. The van der Waals surface area contributed by atoms with Gasteiger partial charge in [0.1, 0.15) is 0 Å². The Morgan fingerprint density at radius 3 is 2.68 bits per heavy atom. The minimum atomic E-state index is -1.13. The Morgan fingerprint density at radius 1 is 1.27 bits per heavy atom. The summed E-state index contributed by atoms with van der Waals surface area (Å²) in [6.07, 6.45) is 5.40. The van der Waals surface area contributed by atoms with Crippen LogP contribution >= 0.6 is 0 Å². The zero-order valence-corrected chi connectivity index (χ0v) is 13.2. The number of rotatable bonds is 7. The average molecular weight is 301 g/mol. The third-order valence-corrected chi connectivity index (χ3v) is 4.22. The quantitative estimate of drug-likeness (QED) is 0.604. The van der Waals surface area contributed by atoms with Gasteiger partial charge in [-0.25, -0.2) is 0 Å². The molecule has 118 valence electrons. The predicted octanol–water partition coefficient (Wildman–Crippen LogP) is 4.26. The number of para-hydroxylation sites is 1. The van der Waals surface area contributed by atoms with Gasteiger partial charge in [0, 0.05) is 11.3 Å². The van der Waals surface area contributed by atoms with Gasteiger partial charge in [-0.2, -0.15) is 0 Å². The second-order valence-corrected chi connectivity index (χ2v) is 5.94. The van der Waals surface area contributed by atoms with E-state index in [0.717, 1.165) is 19.3 Å². The molecule has 0 bridgehead atoms. The van der Waals surface area contributed by atoms with E-state index in [1.54, 1.807) is 18.2 Å². The number of hydrogen-bond donors (Lipinski definition) is 1. The Labute approximate surface area is 131 Å². The summed E-state index contributed by atoms with van der Waals surface area (Å²) in [5.74, 6) is -2.56. The summed E-state index contributed by atoms with van der Waals surface area (Å²) in [4.78, 5) is 28.6. The number of fused-ring (bicyclic) bond motifs is 1. The second-order valence-electron chi connectivity index (χ2n) is 5.94. The Morgan fingerprint density at radius 2 is 2.00 bits per heavy atom. The summed E-state index contributed by atoms with van der Waals surface area (Å²) >= 11 is 0. The highest BCUT2D eigenvalue weighted by Crippen LogP contribution is 2.32. The summed E-state index contributed by atoms with van der Waals surface area (Å²) in [6.45, 7) is 4.13. The molecule has 0 saturated carbocycles. The van der Waals surface area contributed by atoms with E-state index in [9.17, 15) is 14.7 Å². The largest absolute Gasteiger partial charge is 0.480 e. The third kappa shape index (κ3) is 3.43. The SMILES string of the molecule is CCCCCCC(C)C1=Nc2ccccc2C(=O)C1C(=O)O. The van der Waals surface area contributed by atoms with Crippen molar-refractivity contribution in [3.63, 3.8) is 0 Å². The number of benzene rings is 1. The van der Waals surface area contributed by atoms with Crippen LogP contribution in [0.2, 0.25) is 0 Å². The molecule has 1 aromatic carbocycles. The topological polar surface area (TPSA) is 66.7 Å². The van der Waals surface area contributed by atoms with Gasteiger partial charge in [-0.15, -0.1) is 0 Å². The van der Waals surface area contributed by atoms with E-state index < -0.39 is 11.9 Å². The number of carboxylic acid groups (broad SMARTS) is 1. The fraction of sp³-hybridized carbons (Fsp3) is 0.500. The van der Waals surface area contributed by atoms with Crippen LogP contribution in [0.4, 0.5) is 5.69 Å². The lowest BCUT2D eigenvalue weighted by atomic mass is 9.82. The number of unbranched alkanes of at least 4 members (excludes halogenated alkanes) is 3. The number of carboxylic acids is 1. The first-order valence-corrected chi connectivity index (χ1v) is 8.00. The molecular weight excluding hydrogens is 278 g/mol. The first kappa shape index (κ1) is 16.4. The number of Topliss-reactive ketones (excluding diaryl/α,β-unsaturated/α-hetero) is 1. The van der Waals surface area contributed by atoms with Crippen molar-refractivity contribution in [3.05, 3.63) is 29.8 Å². The fourth-order valence-corrected chi connectivity index (χ4v) is 2.93. The lowest BCUT2D eigenvalue weighted by Crippen LogP contribution is -2.37. The molecule has 1 aromatic rings. The van der Waals surface area contributed by atoms with Gasteiger partial charge in [0.25, 0.3) is 0 Å². The minimum absolute atomic E-state index is 0.00950. The molecule has 2 atom stereocenters. The molecule has 4 heteroatoms. The second kappa shape index (κ2) is 7.34. The van der Waals surface area contributed by atoms with E-state index in [2.05, 4.69) is 11.9 Å².